The van der Waals surface area contributed by atoms with Crippen molar-refractivity contribution >= 4 is 5.78 Å². The van der Waals surface area contributed by atoms with Gasteiger partial charge in [0.15, 0.2) is 5.78 Å². The summed E-state index contributed by atoms with van der Waals surface area (Å²) in [4.78, 5) is 13.6. The molecule has 0 fully saturated rings. The van der Waals surface area contributed by atoms with Crippen molar-refractivity contribution < 1.29 is 4.79 Å². The van der Waals surface area contributed by atoms with Gasteiger partial charge in [-0.15, -0.1) is 0 Å². The Morgan fingerprint density at radius 1 is 1.07 bits per heavy atom. The molecule has 1 aliphatic heterocycles. The molecule has 5 nitrogen and oxygen atoms in total. The maximum Gasteiger partial charge on any atom is 0.162 e. The number of carbonyl (C=O) groups excluding carboxylic acids is 1. The van der Waals surface area contributed by atoms with E-state index in [1.165, 1.54) is 0 Å². The van der Waals surface area contributed by atoms with E-state index in [1.807, 2.05) is 73.5 Å². The third-order valence-corrected chi connectivity index (χ3v) is 6.11. The molecule has 2 atom stereocenters. The fourth-order valence-corrected chi connectivity index (χ4v) is 4.75. The van der Waals surface area contributed by atoms with Crippen molar-refractivity contribution in [2.45, 2.75) is 31.6 Å². The molecule has 0 bridgehead atoms. The van der Waals surface area contributed by atoms with Gasteiger partial charge in [0.1, 0.15) is 5.82 Å². The number of nitrogens with two attached hydrogens (primary N) is 1. The van der Waals surface area contributed by atoms with Gasteiger partial charge in [-0.1, -0.05) is 54.6 Å². The molecule has 1 aliphatic carbocycles. The quantitative estimate of drug-likeness (QED) is 0.847. The van der Waals surface area contributed by atoms with E-state index in [1.54, 1.807) is 0 Å². The normalized spacial score (nSPS) is 21.7. The van der Waals surface area contributed by atoms with Gasteiger partial charge in [0.25, 0.3) is 0 Å². The summed E-state index contributed by atoms with van der Waals surface area (Å²) in [6.07, 6.45) is 1.14. The van der Waals surface area contributed by atoms with Gasteiger partial charge in [-0.05, 0) is 36.0 Å². The van der Waals surface area contributed by atoms with Gasteiger partial charge < -0.3 is 5.73 Å². The second kappa shape index (κ2) is 7.81. The maximum atomic E-state index is 13.6. The van der Waals surface area contributed by atoms with Crippen molar-refractivity contribution in [2.75, 3.05) is 14.1 Å². The Morgan fingerprint density at radius 2 is 1.73 bits per heavy atom. The summed E-state index contributed by atoms with van der Waals surface area (Å²) in [6, 6.07) is 20.4. The van der Waals surface area contributed by atoms with Gasteiger partial charge in [-0.25, -0.2) is 5.01 Å². The average Bonchev–Trinajstić information content (AvgIpc) is 2.73. The van der Waals surface area contributed by atoms with Crippen molar-refractivity contribution in [3.8, 4) is 6.07 Å². The fraction of sp³-hybridized carbons (Fsp3) is 0.280. The Bertz CT molecular complexity index is 1090. The molecule has 0 amide bonds. The zero-order valence-electron chi connectivity index (χ0n) is 17.6. The fourth-order valence-electron chi connectivity index (χ4n) is 4.75. The molecule has 0 spiro atoms. The van der Waals surface area contributed by atoms with E-state index in [4.69, 9.17) is 5.73 Å². The molecule has 30 heavy (non-hydrogen) atoms. The van der Waals surface area contributed by atoms with Crippen LogP contribution in [0.2, 0.25) is 0 Å². The molecular weight excluding hydrogens is 372 g/mol. The van der Waals surface area contributed by atoms with Gasteiger partial charge in [0, 0.05) is 31.8 Å². The van der Waals surface area contributed by atoms with Crippen LogP contribution in [0.3, 0.4) is 0 Å². The highest BCUT2D eigenvalue weighted by Crippen LogP contribution is 2.48. The van der Waals surface area contributed by atoms with Crippen LogP contribution in [0.1, 0.15) is 41.4 Å². The second-order valence-electron chi connectivity index (χ2n) is 8.16. The number of ketones is 1. The van der Waals surface area contributed by atoms with E-state index in [0.29, 0.717) is 29.8 Å². The first kappa shape index (κ1) is 19.9. The molecule has 2 aromatic carbocycles. The van der Waals surface area contributed by atoms with Crippen LogP contribution < -0.4 is 5.73 Å². The summed E-state index contributed by atoms with van der Waals surface area (Å²) >= 11 is 0. The Kier molecular flexibility index (Phi) is 5.19. The van der Waals surface area contributed by atoms with Crippen LogP contribution in [0.25, 0.3) is 0 Å². The van der Waals surface area contributed by atoms with Crippen LogP contribution in [0.4, 0.5) is 0 Å². The molecule has 0 saturated carbocycles. The zero-order chi connectivity index (χ0) is 21.4. The SMILES string of the molecule is Cc1ccccc1[C@H]1C(C#N)=C(N)N(N(C)C)C2=C1C(=O)C[C@H](c1ccccc1)C2. The van der Waals surface area contributed by atoms with E-state index in [9.17, 15) is 10.1 Å². The minimum absolute atomic E-state index is 0.0884. The van der Waals surface area contributed by atoms with Crippen LogP contribution in [0, 0.1) is 18.3 Å². The number of carbonyl (C=O) groups is 1. The first-order chi connectivity index (χ1) is 14.4. The summed E-state index contributed by atoms with van der Waals surface area (Å²) in [7, 11) is 3.77. The van der Waals surface area contributed by atoms with Crippen LogP contribution in [-0.4, -0.2) is 29.9 Å². The first-order valence-corrected chi connectivity index (χ1v) is 10.2. The zero-order valence-corrected chi connectivity index (χ0v) is 17.6. The van der Waals surface area contributed by atoms with Crippen molar-refractivity contribution in [1.82, 2.24) is 10.0 Å². The minimum atomic E-state index is -0.424. The summed E-state index contributed by atoms with van der Waals surface area (Å²) < 4.78 is 0. The molecule has 2 aliphatic rings. The summed E-state index contributed by atoms with van der Waals surface area (Å²) in [6.45, 7) is 2.01. The number of benzene rings is 2. The Morgan fingerprint density at radius 3 is 2.37 bits per heavy atom. The number of aryl methyl sites for hydroxylation is 1. The highest BCUT2D eigenvalue weighted by molar-refractivity contribution is 6.00. The molecule has 152 valence electrons. The lowest BCUT2D eigenvalue weighted by molar-refractivity contribution is -0.117. The Labute approximate surface area is 177 Å². The van der Waals surface area contributed by atoms with Gasteiger partial charge in [0.2, 0.25) is 0 Å². The third kappa shape index (κ3) is 3.20. The number of nitriles is 1. The van der Waals surface area contributed by atoms with Gasteiger partial charge in [-0.2, -0.15) is 5.26 Å². The molecule has 5 heteroatoms. The molecule has 0 radical (unpaired) electrons. The lowest BCUT2D eigenvalue weighted by atomic mass is 9.71. The molecule has 1 heterocycles. The van der Waals surface area contributed by atoms with E-state index >= 15 is 0 Å². The molecule has 4 rings (SSSR count). The molecular formula is C25H26N4O. The van der Waals surface area contributed by atoms with E-state index in [2.05, 4.69) is 18.2 Å². The van der Waals surface area contributed by atoms with Gasteiger partial charge in [0.05, 0.1) is 17.6 Å². The number of Topliss-reactive ketones (excluding diaryl/α,β-unsaturated/α-hetero) is 1. The number of nitrogens with zero attached hydrogens (tertiary/aromatic N) is 3. The van der Waals surface area contributed by atoms with E-state index in [-0.39, 0.29) is 11.7 Å². The largest absolute Gasteiger partial charge is 0.383 e. The van der Waals surface area contributed by atoms with Crippen molar-refractivity contribution in [1.29, 1.82) is 5.26 Å². The number of rotatable bonds is 3. The van der Waals surface area contributed by atoms with Gasteiger partial charge >= 0.3 is 0 Å². The lowest BCUT2D eigenvalue weighted by Crippen LogP contribution is -2.46. The van der Waals surface area contributed by atoms with Gasteiger partial charge in [-0.3, -0.25) is 9.80 Å². The maximum absolute atomic E-state index is 13.6. The minimum Gasteiger partial charge on any atom is -0.383 e. The van der Waals surface area contributed by atoms with Crippen LogP contribution in [-0.2, 0) is 4.79 Å². The number of hydrogen-bond acceptors (Lipinski definition) is 5. The highest BCUT2D eigenvalue weighted by atomic mass is 16.1. The second-order valence-corrected chi connectivity index (χ2v) is 8.16. The molecule has 0 aromatic heterocycles. The molecule has 2 N–H and O–H groups in total. The predicted molar refractivity (Wildman–Crippen MR) is 117 cm³/mol. The van der Waals surface area contributed by atoms with Crippen molar-refractivity contribution in [3.05, 3.63) is 94.0 Å². The first-order valence-electron chi connectivity index (χ1n) is 10.2. The van der Waals surface area contributed by atoms with E-state index in [0.717, 1.165) is 22.4 Å². The number of hydrazine groups is 1. The predicted octanol–water partition coefficient (Wildman–Crippen LogP) is 3.97. The smallest absolute Gasteiger partial charge is 0.162 e. The van der Waals surface area contributed by atoms with Crippen molar-refractivity contribution in [3.63, 3.8) is 0 Å². The standard InChI is InChI=1S/C25H26N4O/c1-16-9-7-8-12-19(16)23-20(15-26)25(27)29(28(2)3)21-13-18(14-22(30)24(21)23)17-10-5-4-6-11-17/h4-12,18,23H,13-14,27H2,1-3H3/t18-,23+/m1/s1. The van der Waals surface area contributed by atoms with Crippen LogP contribution >= 0.6 is 0 Å². The molecule has 0 unspecified atom stereocenters. The van der Waals surface area contributed by atoms with Crippen LogP contribution in [0.5, 0.6) is 0 Å². The van der Waals surface area contributed by atoms with Crippen molar-refractivity contribution in [2.24, 2.45) is 5.73 Å². The number of allylic oxidation sites excluding steroid dienone is 3. The van der Waals surface area contributed by atoms with Crippen LogP contribution in [0.15, 0.2) is 77.3 Å². The number of hydrogen-bond donors (Lipinski definition) is 1. The Balaban J connectivity index is 1.92. The molecule has 0 saturated heterocycles. The summed E-state index contributed by atoms with van der Waals surface area (Å²) in [5, 5.41) is 13.7. The van der Waals surface area contributed by atoms with E-state index < -0.39 is 5.92 Å². The topological polar surface area (TPSA) is 73.4 Å². The Hall–Kier alpha value is -3.36. The third-order valence-electron chi connectivity index (χ3n) is 6.11. The summed E-state index contributed by atoms with van der Waals surface area (Å²) in [5.41, 5.74) is 11.7. The highest BCUT2D eigenvalue weighted by Gasteiger charge is 2.43. The summed E-state index contributed by atoms with van der Waals surface area (Å²) in [5.74, 6) is 0.155. The average molecular weight is 399 g/mol. The monoisotopic (exact) mass is 398 g/mol. The lowest BCUT2D eigenvalue weighted by Gasteiger charge is -2.44. The molecule has 2 aromatic rings.